The number of carbonyl (C=O) groups is 6. The van der Waals surface area contributed by atoms with Gasteiger partial charge in [-0.05, 0) is 97.8 Å². The molecule has 0 aliphatic rings. The van der Waals surface area contributed by atoms with Crippen LogP contribution in [-0.4, -0.2) is 65.7 Å². The van der Waals surface area contributed by atoms with E-state index in [0.29, 0.717) is 65.8 Å². The van der Waals surface area contributed by atoms with Crippen molar-refractivity contribution in [3.05, 3.63) is 304 Å². The Morgan fingerprint density at radius 2 is 0.532 bits per heavy atom. The number of nitrogens with zero attached hydrogens (tertiary/aromatic N) is 6. The molecule has 0 radical (unpaired) electrons. The second-order valence-corrected chi connectivity index (χ2v) is 23.0. The predicted octanol–water partition coefficient (Wildman–Crippen LogP) is 19.0. The first kappa shape index (κ1) is 89.5. The van der Waals surface area contributed by atoms with Crippen molar-refractivity contribution in [1.29, 1.82) is 0 Å². The maximum Gasteiger partial charge on any atom is 3.00 e. The van der Waals surface area contributed by atoms with Crippen molar-refractivity contribution in [3.63, 3.8) is 0 Å². The van der Waals surface area contributed by atoms with E-state index in [0.717, 1.165) is 74.0 Å². The second-order valence-electron chi connectivity index (χ2n) is 23.0. The summed E-state index contributed by atoms with van der Waals surface area (Å²) in [4.78, 5) is 93.5. The van der Waals surface area contributed by atoms with E-state index in [1.807, 2.05) is 130 Å². The molecule has 0 saturated heterocycles. The largest absolute Gasteiger partial charge is 3.00 e. The Bertz CT molecular complexity index is 4390. The van der Waals surface area contributed by atoms with Gasteiger partial charge in [-0.3, -0.25) is 24.0 Å². The van der Waals surface area contributed by atoms with Gasteiger partial charge >= 0.3 is 76.0 Å². The van der Waals surface area contributed by atoms with Gasteiger partial charge in [-0.2, -0.15) is 0 Å². The molecule has 0 bridgehead atoms. The van der Waals surface area contributed by atoms with Crippen molar-refractivity contribution in [3.8, 4) is 102 Å². The van der Waals surface area contributed by atoms with Gasteiger partial charge in [-0.15, -0.1) is 179 Å². The smallest absolute Gasteiger partial charge is 0.447 e. The van der Waals surface area contributed by atoms with Gasteiger partial charge in [0.2, 0.25) is 0 Å². The Balaban J connectivity index is 0.000000275. The maximum absolute atomic E-state index is 12.1. The van der Waals surface area contributed by atoms with Crippen molar-refractivity contribution in [2.45, 2.75) is 94.9 Å². The van der Waals surface area contributed by atoms with Crippen LogP contribution >= 0.6 is 0 Å². The molecule has 20 heteroatoms. The minimum absolute atomic E-state index is 0. The molecule has 0 N–H and O–H groups in total. The summed E-state index contributed by atoms with van der Waals surface area (Å²) < 4.78 is 31.2. The van der Waals surface area contributed by atoms with Crippen LogP contribution in [0, 0.1) is 41.8 Å². The Morgan fingerprint density at radius 3 is 0.706 bits per heavy atom. The van der Waals surface area contributed by atoms with Crippen LogP contribution in [0.15, 0.2) is 268 Å². The first-order chi connectivity index (χ1) is 51.4. The zero-order valence-corrected chi connectivity index (χ0v) is 65.5. The molecular formula is C89H82Ir2N6O12. The van der Waals surface area contributed by atoms with Crippen molar-refractivity contribution >= 4 is 35.8 Å². The Hall–Kier alpha value is -11.9. The number of hydrogen-bond donors (Lipinski definition) is 0. The topological polar surface area (TPSA) is 235 Å². The van der Waals surface area contributed by atoms with Gasteiger partial charge in [-0.1, -0.05) is 121 Å². The van der Waals surface area contributed by atoms with Crippen LogP contribution in [0.3, 0.4) is 0 Å². The van der Waals surface area contributed by atoms with Crippen molar-refractivity contribution < 1.29 is 97.4 Å². The molecule has 18 nitrogen and oxygen atoms in total. The molecule has 6 heterocycles. The molecule has 0 aliphatic heterocycles. The fourth-order valence-corrected chi connectivity index (χ4v) is 8.47. The molecule has 0 aliphatic carbocycles. The van der Waals surface area contributed by atoms with E-state index in [1.54, 1.807) is 181 Å². The van der Waals surface area contributed by atoms with Gasteiger partial charge in [0, 0.05) is 68.4 Å². The van der Waals surface area contributed by atoms with E-state index in [1.165, 1.54) is 0 Å². The van der Waals surface area contributed by atoms with Crippen LogP contribution in [0.2, 0.25) is 0 Å². The average Bonchev–Trinajstić information content (AvgIpc) is 0.871. The van der Waals surface area contributed by atoms with E-state index in [4.69, 9.17) is 28.4 Å². The summed E-state index contributed by atoms with van der Waals surface area (Å²) in [6.07, 6.45) is 12.5. The Kier molecular flexibility index (Phi) is 39.7. The third-order valence-electron chi connectivity index (χ3n) is 14.6. The van der Waals surface area contributed by atoms with E-state index >= 15 is 0 Å². The zero-order valence-electron chi connectivity index (χ0n) is 60.7. The summed E-state index contributed by atoms with van der Waals surface area (Å²) >= 11 is 0. The summed E-state index contributed by atoms with van der Waals surface area (Å²) in [5, 5.41) is 0. The second kappa shape index (κ2) is 48.3. The number of hydrogen-bond acceptors (Lipinski definition) is 18. The van der Waals surface area contributed by atoms with Gasteiger partial charge in [0.25, 0.3) is 0 Å². The van der Waals surface area contributed by atoms with E-state index in [2.05, 4.69) is 72.9 Å². The first-order valence-electron chi connectivity index (χ1n) is 33.9. The fourth-order valence-electron chi connectivity index (χ4n) is 8.47. The van der Waals surface area contributed by atoms with E-state index in [-0.39, 0.29) is 77.5 Å². The molecule has 0 fully saturated rings. The molecule has 6 aromatic carbocycles. The molecule has 558 valence electrons. The molecule has 12 aromatic rings. The minimum atomic E-state index is -0.481. The summed E-state index contributed by atoms with van der Waals surface area (Å²) in [7, 11) is 0. The Morgan fingerprint density at radius 1 is 0.330 bits per heavy atom. The number of aromatic nitrogens is 6. The van der Waals surface area contributed by atoms with Crippen molar-refractivity contribution in [2.24, 2.45) is 5.41 Å². The van der Waals surface area contributed by atoms with E-state index in [9.17, 15) is 28.8 Å². The molecule has 12 rings (SSSR count). The standard InChI is InChI=1S/C17H18NO2.C15H12NO2.4C14H12NO2.CH4.2Ir/c1-4-17(2,3)16(19)20-14-9-7-8-13(12-14)15-10-5-6-11-18-15;1-11(2)15(17)18-13-7-5-6-12(10-13)14-8-3-4-9-16-14;4*1-2-14(16)17-12-7-5-6-11(10-12)13-8-3-4-9-15-13;;;/h5-7,9-12H,4H2,1-3H3;3-5,7-10H,1H2,2H3;4*3-5,7-10H,2H2,1H3;1H4;;/q6*-1;;2*+3. The van der Waals surface area contributed by atoms with Crippen molar-refractivity contribution in [1.82, 2.24) is 29.9 Å². The predicted molar refractivity (Wildman–Crippen MR) is 412 cm³/mol. The molecule has 0 unspecified atom stereocenters. The van der Waals surface area contributed by atoms with Crippen LogP contribution in [-0.2, 0) is 69.0 Å². The summed E-state index contributed by atoms with van der Waals surface area (Å²) in [6.45, 7) is 17.9. The molecule has 0 amide bonds. The summed E-state index contributed by atoms with van der Waals surface area (Å²) in [6, 6.07) is 83.4. The molecule has 0 saturated carbocycles. The van der Waals surface area contributed by atoms with Crippen LogP contribution in [0.25, 0.3) is 67.5 Å². The maximum atomic E-state index is 12.1. The number of benzene rings is 6. The van der Waals surface area contributed by atoms with Gasteiger partial charge in [0.05, 0.1) is 39.9 Å². The van der Waals surface area contributed by atoms with Crippen LogP contribution < -0.4 is 28.4 Å². The van der Waals surface area contributed by atoms with Gasteiger partial charge in [0.15, 0.2) is 0 Å². The number of carbonyl (C=O) groups excluding carboxylic acids is 6. The van der Waals surface area contributed by atoms with Gasteiger partial charge in [0.1, 0.15) is 0 Å². The first-order valence-corrected chi connectivity index (χ1v) is 33.9. The molecule has 109 heavy (non-hydrogen) atoms. The number of pyridine rings is 6. The molecule has 0 atom stereocenters. The third kappa shape index (κ3) is 31.2. The van der Waals surface area contributed by atoms with Crippen molar-refractivity contribution in [2.75, 3.05) is 0 Å². The summed E-state index contributed by atoms with van der Waals surface area (Å²) in [5.41, 5.74) is 9.54. The number of esters is 6. The fraction of sp³-hybridized carbons (Fsp3) is 0.169. The molecule has 0 spiro atoms. The van der Waals surface area contributed by atoms with Crippen LogP contribution in [0.1, 0.15) is 94.9 Å². The monoisotopic (exact) mass is 1810 g/mol. The normalized spacial score (nSPS) is 9.87. The van der Waals surface area contributed by atoms with Gasteiger partial charge < -0.3 is 58.3 Å². The minimum Gasteiger partial charge on any atom is -0.447 e. The average molecular weight is 1810 g/mol. The summed E-state index contributed by atoms with van der Waals surface area (Å²) in [5.74, 6) is 1.43. The number of ether oxygens (including phenoxy) is 6. The van der Waals surface area contributed by atoms with E-state index < -0.39 is 11.4 Å². The SMILES string of the molecule is C.C=C(C)C(=O)Oc1cc[c-]c(-c2ccccn2)c1.CCC(=O)Oc1cc[c-]c(-c2ccccn2)c1.CCC(=O)Oc1cc[c-]c(-c2ccccn2)c1.CCC(=O)Oc1cc[c-]c(-c2ccccn2)c1.CCC(=O)Oc1cc[c-]c(-c2ccccn2)c1.CCC(C)(C)C(=O)Oc1cc[c-]c(-c2ccccn2)c1.[Ir+3].[Ir+3]. The van der Waals surface area contributed by atoms with Crippen LogP contribution in [0.5, 0.6) is 34.5 Å². The quantitative estimate of drug-likeness (QED) is 0.0317. The van der Waals surface area contributed by atoms with Gasteiger partial charge in [-0.25, -0.2) is 4.79 Å². The number of rotatable bonds is 19. The zero-order chi connectivity index (χ0) is 75.9. The Labute approximate surface area is 665 Å². The molecular weight excluding hydrogens is 1730 g/mol. The third-order valence-corrected chi connectivity index (χ3v) is 14.6. The molecule has 6 aromatic heterocycles. The van der Waals surface area contributed by atoms with Crippen LogP contribution in [0.4, 0.5) is 0 Å².